The molecule has 0 atom stereocenters. The summed E-state index contributed by atoms with van der Waals surface area (Å²) in [6, 6.07) is 0. The number of hydrogen-bond donors (Lipinski definition) is 0. The molecule has 0 saturated carbocycles. The van der Waals surface area contributed by atoms with Gasteiger partial charge in [0.05, 0.1) is 0 Å². The molecule has 0 saturated heterocycles. The molecular weight excluding hydrogens is 735 g/mol. The molecule has 0 aromatic rings. The third-order valence-electron chi connectivity index (χ3n) is 11.5. The Bertz CT molecular complexity index is 658. The van der Waals surface area contributed by atoms with Crippen LogP contribution in [0.5, 0.6) is 0 Å². The van der Waals surface area contributed by atoms with E-state index in [0.29, 0.717) is 0 Å². The average molecular weight is 835 g/mol. The Morgan fingerprint density at radius 1 is 0.250 bits per heavy atom. The van der Waals surface area contributed by atoms with Gasteiger partial charge in [0.2, 0.25) is 0 Å². The van der Waals surface area contributed by atoms with E-state index in [0.717, 1.165) is 0 Å². The summed E-state index contributed by atoms with van der Waals surface area (Å²) in [4.78, 5) is 0. The highest BCUT2D eigenvalue weighted by molar-refractivity contribution is 7.05. The molecule has 0 fully saturated rings. The van der Waals surface area contributed by atoms with E-state index < -0.39 is 25.7 Å². The van der Waals surface area contributed by atoms with Crippen LogP contribution in [0.3, 0.4) is 0 Å². The Labute approximate surface area is 341 Å². The fourth-order valence-corrected chi connectivity index (χ4v) is 55.1. The molecule has 0 radical (unpaired) electrons. The monoisotopic (exact) mass is 834 g/mol. The highest BCUT2D eigenvalue weighted by atomic mass is 28.5. The third kappa shape index (κ3) is 12.8. The molecule has 0 unspecified atom stereocenters. The van der Waals surface area contributed by atoms with Gasteiger partial charge in [-0.1, -0.05) is 83.1 Å². The van der Waals surface area contributed by atoms with Gasteiger partial charge in [-0.2, -0.15) is 0 Å². The van der Waals surface area contributed by atoms with Gasteiger partial charge in [0.15, 0.2) is 0 Å². The largest absolute Gasteiger partial charge is 0.300 e. The van der Waals surface area contributed by atoms with Gasteiger partial charge in [0.1, 0.15) is 0 Å². The normalized spacial score (nSPS) is 13.7. The van der Waals surface area contributed by atoms with E-state index in [1.165, 1.54) is 203 Å². The lowest BCUT2D eigenvalue weighted by Crippen LogP contribution is -2.97. The molecule has 0 spiro atoms. The van der Waals surface area contributed by atoms with Crippen LogP contribution in [0.25, 0.3) is 0 Å². The molecule has 0 aliphatic rings. The topological polar surface area (TPSA) is 22.7 Å². The Morgan fingerprint density at radius 3 is 0.442 bits per heavy atom. The molecule has 0 aliphatic heterocycles. The van der Waals surface area contributed by atoms with E-state index in [-0.39, 0.29) is 0 Å². The van der Waals surface area contributed by atoms with Gasteiger partial charge < -0.3 is 27.4 Å². The minimum Gasteiger partial charge on any atom is -0.300 e. The van der Waals surface area contributed by atoms with E-state index in [1.54, 1.807) is 0 Å². The molecule has 7 nitrogen and oxygen atoms in total. The second-order valence-corrected chi connectivity index (χ2v) is 35.3. The second-order valence-electron chi connectivity index (χ2n) is 15.6. The standard InChI is InChI=1S/C39H99N7Si6/c1-13-25-40(26-14-2)50(37-47,41(27-15-3)28-16-4)46(51(38-48,42(29-17-5)30-18-6)43(31-19-7)32-20-8)52(39-49,44(33-21-9)34-22-10)45(35-23-11)36-24-12/h13-39H2,1-12,47-49H3. The fourth-order valence-electron chi connectivity index (χ4n) is 10.2. The quantitative estimate of drug-likeness (QED) is 0.0736. The van der Waals surface area contributed by atoms with E-state index >= 15 is 0 Å². The van der Waals surface area contributed by atoms with E-state index in [1.807, 2.05) is 0 Å². The summed E-state index contributed by atoms with van der Waals surface area (Å²) in [5, 5.41) is 0. The van der Waals surface area contributed by atoms with Gasteiger partial charge in [-0.25, -0.2) is 0 Å². The van der Waals surface area contributed by atoms with Crippen LogP contribution in [0.2, 0.25) is 17.0 Å². The first-order valence-electron chi connectivity index (χ1n) is 23.5. The Kier molecular flexibility index (Phi) is 30.7. The molecule has 52 heavy (non-hydrogen) atoms. The van der Waals surface area contributed by atoms with Crippen molar-refractivity contribution >= 4 is 56.4 Å². The van der Waals surface area contributed by atoms with Crippen molar-refractivity contribution in [3.8, 4) is 0 Å². The predicted octanol–water partition coefficient (Wildman–Crippen LogP) is 5.81. The zero-order valence-electron chi connectivity index (χ0n) is 38.7. The smallest absolute Gasteiger partial charge is 0.276 e. The van der Waals surface area contributed by atoms with Crippen LogP contribution in [0.15, 0.2) is 0 Å². The SMILES string of the molecule is CCCN(CCC)[Si](C[SiH3])(N(CCC)CCC)N([Si](C[SiH3])(N(CCC)CCC)N(CCC)CCC)[Si](C[SiH3])(N(CCC)CCC)N(CCC)CCC. The molecular formula is C39H99N7Si6. The number of hydrogen-bond acceptors (Lipinski definition) is 7. The fraction of sp³-hybridized carbons (Fsp3) is 1.00. The summed E-state index contributed by atoms with van der Waals surface area (Å²) in [7, 11) is -3.60. The average Bonchev–Trinajstić information content (AvgIpc) is 3.13. The zero-order chi connectivity index (χ0) is 39.6. The minimum atomic E-state index is -2.47. The Hall–Kier alpha value is 1.02. The van der Waals surface area contributed by atoms with Crippen LogP contribution in [0, 0.1) is 0 Å². The summed E-state index contributed by atoms with van der Waals surface area (Å²) >= 11 is 0. The minimum absolute atomic E-state index is 1.27. The highest BCUT2D eigenvalue weighted by Gasteiger charge is 2.70. The molecule has 314 valence electrons. The summed E-state index contributed by atoms with van der Waals surface area (Å²) in [6.07, 6.45) is 15.2. The van der Waals surface area contributed by atoms with Gasteiger partial charge in [-0.05, 0) is 173 Å². The van der Waals surface area contributed by atoms with Crippen molar-refractivity contribution in [2.75, 3.05) is 78.5 Å². The Balaban J connectivity index is 9.82. The summed E-state index contributed by atoms with van der Waals surface area (Å²) in [5.41, 5.74) is 4.36. The molecule has 0 rings (SSSR count). The van der Waals surface area contributed by atoms with Crippen molar-refractivity contribution in [3.63, 3.8) is 0 Å². The van der Waals surface area contributed by atoms with Gasteiger partial charge in [0.25, 0.3) is 25.7 Å². The lowest BCUT2D eigenvalue weighted by molar-refractivity contribution is 0.221. The first kappa shape index (κ1) is 53.0. The van der Waals surface area contributed by atoms with Crippen LogP contribution in [-0.4, -0.2) is 166 Å². The molecule has 13 heteroatoms. The van der Waals surface area contributed by atoms with Crippen LogP contribution in [0.4, 0.5) is 0 Å². The van der Waals surface area contributed by atoms with E-state index in [2.05, 4.69) is 114 Å². The Morgan fingerprint density at radius 2 is 0.365 bits per heavy atom. The van der Waals surface area contributed by atoms with Gasteiger partial charge in [0, 0.05) is 30.7 Å². The molecule has 0 aliphatic carbocycles. The lowest BCUT2D eigenvalue weighted by atomic mass is 10.4. The van der Waals surface area contributed by atoms with Gasteiger partial charge in [-0.15, -0.1) is 0 Å². The predicted molar refractivity (Wildman–Crippen MR) is 256 cm³/mol. The highest BCUT2D eigenvalue weighted by Crippen LogP contribution is 2.43. The van der Waals surface area contributed by atoms with E-state index in [4.69, 9.17) is 0 Å². The van der Waals surface area contributed by atoms with Crippen molar-refractivity contribution in [2.45, 2.75) is 177 Å². The van der Waals surface area contributed by atoms with Crippen molar-refractivity contribution in [3.05, 3.63) is 0 Å². The van der Waals surface area contributed by atoms with Gasteiger partial charge in [-0.3, -0.25) is 3.90 Å². The van der Waals surface area contributed by atoms with E-state index in [9.17, 15) is 0 Å². The maximum absolute atomic E-state index is 3.86. The first-order chi connectivity index (χ1) is 25.2. The van der Waals surface area contributed by atoms with Crippen LogP contribution >= 0.6 is 0 Å². The zero-order valence-corrected chi connectivity index (χ0v) is 47.7. The van der Waals surface area contributed by atoms with Crippen molar-refractivity contribution in [1.82, 2.24) is 31.3 Å². The third-order valence-corrected chi connectivity index (χ3v) is 40.2. The first-order valence-corrected chi connectivity index (χ1v) is 33.9. The summed E-state index contributed by atoms with van der Waals surface area (Å²) in [5.74, 6) is 0. The maximum atomic E-state index is 3.86. The maximum Gasteiger partial charge on any atom is 0.276 e. The molecule has 0 N–H and O–H groups in total. The lowest BCUT2D eigenvalue weighted by Gasteiger charge is -2.71. The van der Waals surface area contributed by atoms with Gasteiger partial charge >= 0.3 is 0 Å². The molecule has 0 aromatic carbocycles. The van der Waals surface area contributed by atoms with Crippen molar-refractivity contribution in [1.29, 1.82) is 0 Å². The van der Waals surface area contributed by atoms with Crippen molar-refractivity contribution in [2.24, 2.45) is 0 Å². The summed E-state index contributed by atoms with van der Waals surface area (Å²) < 4.78 is 23.7. The summed E-state index contributed by atoms with van der Waals surface area (Å²) in [6.45, 7) is 45.2. The molecule has 0 aromatic heterocycles. The molecule has 0 bridgehead atoms. The molecule has 0 heterocycles. The van der Waals surface area contributed by atoms with Crippen LogP contribution < -0.4 is 0 Å². The van der Waals surface area contributed by atoms with Crippen LogP contribution in [-0.2, 0) is 0 Å². The van der Waals surface area contributed by atoms with Crippen LogP contribution in [0.1, 0.15) is 160 Å². The molecule has 0 amide bonds. The second kappa shape index (κ2) is 30.1. The number of nitrogens with zero attached hydrogens (tertiary/aromatic N) is 7. The van der Waals surface area contributed by atoms with Crippen molar-refractivity contribution < 1.29 is 0 Å². The number of rotatable bonds is 36.